The number of hydrogen-bond donors (Lipinski definition) is 5. The third-order valence-electron chi connectivity index (χ3n) is 10.8. The van der Waals surface area contributed by atoms with E-state index in [2.05, 4.69) is 40.1 Å². The number of halogens is 2. The molecule has 0 bridgehead atoms. The summed E-state index contributed by atoms with van der Waals surface area (Å²) < 4.78 is 11.0. The van der Waals surface area contributed by atoms with E-state index >= 15 is 0 Å². The van der Waals surface area contributed by atoms with Crippen LogP contribution in [0.3, 0.4) is 0 Å². The van der Waals surface area contributed by atoms with E-state index in [1.807, 2.05) is 50.2 Å². The third kappa shape index (κ3) is 9.58. The predicted molar refractivity (Wildman–Crippen MR) is 210 cm³/mol. The molecule has 0 radical (unpaired) electrons. The summed E-state index contributed by atoms with van der Waals surface area (Å²) in [5.74, 6) is -0.619. The minimum Gasteiger partial charge on any atom is -0.445 e. The van der Waals surface area contributed by atoms with E-state index in [4.69, 9.17) is 44.9 Å². The maximum Gasteiger partial charge on any atom is 0.408 e. The Labute approximate surface area is 321 Å². The molecule has 5 N–H and O–H groups in total. The van der Waals surface area contributed by atoms with Gasteiger partial charge in [-0.05, 0) is 66.7 Å². The summed E-state index contributed by atoms with van der Waals surface area (Å²) in [5, 5.41) is 14.4. The molecule has 2 unspecified atom stereocenters. The Morgan fingerprint density at radius 2 is 1.71 bits per heavy atom. The molecule has 13 heteroatoms. The van der Waals surface area contributed by atoms with Crippen molar-refractivity contribution in [3.8, 4) is 0 Å². The van der Waals surface area contributed by atoms with Gasteiger partial charge in [-0.1, -0.05) is 106 Å². The molecule has 0 saturated carbocycles. The van der Waals surface area contributed by atoms with Crippen molar-refractivity contribution in [1.29, 1.82) is 0 Å². The SMILES string of the molecule is CC[C@H](C)C(NC(=O)OCc1ccccc1)C(=O)N[C@]1(C(=O)NC(C(=S)NCC2CCOCC2)[C@@H](C)CC)CCc2[nH]c3c(Cl)cc(Cl)cc3c2C1. The minimum absolute atomic E-state index is 0.0187. The third-order valence-corrected chi connectivity index (χ3v) is 11.7. The second-order valence-electron chi connectivity index (χ2n) is 14.3. The highest BCUT2D eigenvalue weighted by atomic mass is 35.5. The van der Waals surface area contributed by atoms with Crippen LogP contribution in [0.4, 0.5) is 4.79 Å². The normalized spacial score (nSPS) is 19.8. The Morgan fingerprint density at radius 3 is 2.40 bits per heavy atom. The Hall–Kier alpha value is -3.38. The van der Waals surface area contributed by atoms with Crippen molar-refractivity contribution in [3.63, 3.8) is 0 Å². The highest BCUT2D eigenvalue weighted by Crippen LogP contribution is 2.38. The molecule has 1 aliphatic heterocycles. The van der Waals surface area contributed by atoms with E-state index in [1.54, 1.807) is 6.07 Å². The van der Waals surface area contributed by atoms with Gasteiger partial charge >= 0.3 is 6.09 Å². The summed E-state index contributed by atoms with van der Waals surface area (Å²) in [6, 6.07) is 11.4. The van der Waals surface area contributed by atoms with Crippen molar-refractivity contribution in [2.45, 2.75) is 96.9 Å². The first-order valence-electron chi connectivity index (χ1n) is 18.4. The predicted octanol–water partition coefficient (Wildman–Crippen LogP) is 7.03. The van der Waals surface area contributed by atoms with Gasteiger partial charge in [0.2, 0.25) is 11.8 Å². The molecule has 3 amide bonds. The Bertz CT molecular complexity index is 1730. The van der Waals surface area contributed by atoms with E-state index in [1.165, 1.54) is 0 Å². The summed E-state index contributed by atoms with van der Waals surface area (Å²) in [4.78, 5) is 46.3. The Morgan fingerprint density at radius 1 is 1.02 bits per heavy atom. The van der Waals surface area contributed by atoms with Gasteiger partial charge in [-0.2, -0.15) is 0 Å². The lowest BCUT2D eigenvalue weighted by atomic mass is 9.78. The number of amides is 3. The smallest absolute Gasteiger partial charge is 0.408 e. The highest BCUT2D eigenvalue weighted by molar-refractivity contribution is 7.80. The Kier molecular flexibility index (Phi) is 13.9. The maximum absolute atomic E-state index is 14.8. The lowest BCUT2D eigenvalue weighted by Gasteiger charge is -2.40. The number of alkyl carbamates (subject to hydrolysis) is 1. The fraction of sp³-hybridized carbons (Fsp3) is 0.538. The zero-order chi connectivity index (χ0) is 37.4. The molecule has 1 aromatic heterocycles. The lowest BCUT2D eigenvalue weighted by molar-refractivity contribution is -0.136. The monoisotopic (exact) mass is 771 g/mol. The van der Waals surface area contributed by atoms with Crippen LogP contribution in [-0.4, -0.2) is 65.3 Å². The van der Waals surface area contributed by atoms with Gasteiger partial charge in [-0.3, -0.25) is 9.59 Å². The number of fused-ring (bicyclic) bond motifs is 3. The van der Waals surface area contributed by atoms with Gasteiger partial charge in [0.25, 0.3) is 0 Å². The van der Waals surface area contributed by atoms with Gasteiger partial charge < -0.3 is 35.7 Å². The van der Waals surface area contributed by atoms with E-state index in [0.717, 1.165) is 60.2 Å². The molecule has 1 saturated heterocycles. The molecule has 10 nitrogen and oxygen atoms in total. The molecule has 2 aromatic carbocycles. The molecule has 282 valence electrons. The number of ether oxygens (including phenoxy) is 2. The van der Waals surface area contributed by atoms with Crippen LogP contribution in [0.1, 0.15) is 76.6 Å². The quantitative estimate of drug-likeness (QED) is 0.111. The van der Waals surface area contributed by atoms with E-state index in [-0.39, 0.29) is 30.8 Å². The molecule has 3 aromatic rings. The number of thiocarbonyl (C=S) groups is 1. The van der Waals surface area contributed by atoms with Crippen LogP contribution >= 0.6 is 35.4 Å². The van der Waals surface area contributed by atoms with Gasteiger partial charge in [0.05, 0.1) is 21.6 Å². The van der Waals surface area contributed by atoms with Gasteiger partial charge in [0.15, 0.2) is 0 Å². The number of carbonyl (C=O) groups is 3. The van der Waals surface area contributed by atoms with Crippen LogP contribution < -0.4 is 21.3 Å². The van der Waals surface area contributed by atoms with Crippen LogP contribution in [0.5, 0.6) is 0 Å². The van der Waals surface area contributed by atoms with Crippen molar-refractivity contribution in [3.05, 3.63) is 69.3 Å². The minimum atomic E-state index is -1.38. The lowest BCUT2D eigenvalue weighted by Crippen LogP contribution is -2.67. The molecule has 2 heterocycles. The second-order valence-corrected chi connectivity index (χ2v) is 15.6. The van der Waals surface area contributed by atoms with Crippen LogP contribution in [0, 0.1) is 17.8 Å². The molecular formula is C39H51Cl2N5O5S. The molecule has 5 atom stereocenters. The average molecular weight is 773 g/mol. The van der Waals surface area contributed by atoms with Gasteiger partial charge in [0, 0.05) is 42.3 Å². The number of aromatic nitrogens is 1. The van der Waals surface area contributed by atoms with Crippen LogP contribution in [-0.2, 0) is 38.5 Å². The first kappa shape index (κ1) is 39.8. The van der Waals surface area contributed by atoms with Crippen molar-refractivity contribution in [2.75, 3.05) is 19.8 Å². The number of H-pyrrole nitrogens is 1. The van der Waals surface area contributed by atoms with Gasteiger partial charge in [-0.15, -0.1) is 0 Å². The number of rotatable bonds is 14. The van der Waals surface area contributed by atoms with Gasteiger partial charge in [-0.25, -0.2) is 4.79 Å². The van der Waals surface area contributed by atoms with Crippen LogP contribution in [0.15, 0.2) is 42.5 Å². The van der Waals surface area contributed by atoms with Crippen LogP contribution in [0.2, 0.25) is 10.0 Å². The summed E-state index contributed by atoms with van der Waals surface area (Å²) in [6.45, 7) is 10.2. The van der Waals surface area contributed by atoms with Crippen molar-refractivity contribution < 1.29 is 23.9 Å². The molecular weight excluding hydrogens is 721 g/mol. The number of hydrogen-bond acceptors (Lipinski definition) is 6. The molecule has 2 aliphatic rings. The first-order chi connectivity index (χ1) is 24.9. The summed E-state index contributed by atoms with van der Waals surface area (Å²) >= 11 is 19.0. The topological polar surface area (TPSA) is 134 Å². The first-order valence-corrected chi connectivity index (χ1v) is 19.5. The largest absolute Gasteiger partial charge is 0.445 e. The number of benzene rings is 2. The van der Waals surface area contributed by atoms with Crippen molar-refractivity contribution in [2.24, 2.45) is 17.8 Å². The highest BCUT2D eigenvalue weighted by Gasteiger charge is 2.46. The summed E-state index contributed by atoms with van der Waals surface area (Å²) in [5.41, 5.74) is 1.97. The van der Waals surface area contributed by atoms with Crippen LogP contribution in [0.25, 0.3) is 10.9 Å². The molecule has 5 rings (SSSR count). The van der Waals surface area contributed by atoms with Crippen molar-refractivity contribution in [1.82, 2.24) is 26.3 Å². The number of aromatic amines is 1. The van der Waals surface area contributed by atoms with Crippen molar-refractivity contribution >= 4 is 69.2 Å². The molecule has 0 spiro atoms. The summed E-state index contributed by atoms with van der Waals surface area (Å²) in [6.07, 6.45) is 3.52. The number of carbonyl (C=O) groups excluding carboxylic acids is 3. The Balaban J connectivity index is 1.43. The number of aryl methyl sites for hydroxylation is 1. The molecule has 52 heavy (non-hydrogen) atoms. The maximum atomic E-state index is 14.8. The number of nitrogens with one attached hydrogen (secondary N) is 5. The fourth-order valence-corrected chi connectivity index (χ4v) is 7.94. The zero-order valence-electron chi connectivity index (χ0n) is 30.4. The fourth-order valence-electron chi connectivity index (χ4n) is 7.02. The zero-order valence-corrected chi connectivity index (χ0v) is 32.7. The van der Waals surface area contributed by atoms with E-state index in [9.17, 15) is 14.4 Å². The van der Waals surface area contributed by atoms with E-state index in [0.29, 0.717) is 46.8 Å². The summed E-state index contributed by atoms with van der Waals surface area (Å²) in [7, 11) is 0. The van der Waals surface area contributed by atoms with Gasteiger partial charge in [0.1, 0.15) is 18.2 Å². The van der Waals surface area contributed by atoms with E-state index < -0.39 is 29.6 Å². The molecule has 1 aliphatic carbocycles. The average Bonchev–Trinajstić information content (AvgIpc) is 3.51. The molecule has 1 fully saturated rings. The standard InChI is InChI=1S/C39H51Cl2N5O5S/c1-5-23(3)32(45-38(49)51-22-26-10-8-7-9-11-26)35(47)46-39(15-12-31-29(20-39)28-18-27(40)19-30(41)34(28)43-31)37(48)44-33(24(4)6-2)36(52)42-21-25-13-16-50-17-14-25/h7-11,18-19,23-25,32-33,43H,5-6,12-17,20-22H2,1-4H3,(H,42,52)(H,44,48)(H,45,49)(H,46,47)/t23-,24-,32?,33?,39+/m0/s1. The second kappa shape index (κ2) is 18.1.